The van der Waals surface area contributed by atoms with Crippen LogP contribution in [0.4, 0.5) is 5.69 Å². The zero-order valence-electron chi connectivity index (χ0n) is 11.9. The normalized spacial score (nSPS) is 12.3. The molecule has 0 fully saturated rings. The number of aliphatic carboxylic acids is 1. The lowest BCUT2D eigenvalue weighted by molar-refractivity contribution is -0.139. The molecule has 1 unspecified atom stereocenters. The molecule has 0 saturated heterocycles. The Labute approximate surface area is 113 Å². The maximum atomic E-state index is 11.9. The SMILES string of the molecule is Cc1ccc(C(C)C)cc1NC(=O)C(C)CC(=O)O. The number of hydrogen-bond acceptors (Lipinski definition) is 2. The fraction of sp³-hybridized carbons (Fsp3) is 0.467. The summed E-state index contributed by atoms with van der Waals surface area (Å²) in [5.41, 5.74) is 2.88. The van der Waals surface area contributed by atoms with E-state index < -0.39 is 11.9 Å². The van der Waals surface area contributed by atoms with Crippen molar-refractivity contribution in [2.24, 2.45) is 5.92 Å². The van der Waals surface area contributed by atoms with Crippen LogP contribution in [0.3, 0.4) is 0 Å². The minimum absolute atomic E-state index is 0.158. The third-order valence-corrected chi connectivity index (χ3v) is 3.11. The van der Waals surface area contributed by atoms with Gasteiger partial charge < -0.3 is 10.4 Å². The van der Waals surface area contributed by atoms with Crippen LogP contribution in [0.2, 0.25) is 0 Å². The van der Waals surface area contributed by atoms with E-state index in [0.29, 0.717) is 5.92 Å². The third kappa shape index (κ3) is 4.39. The standard InChI is InChI=1S/C15H21NO3/c1-9(2)12-6-5-10(3)13(8-12)16-15(19)11(4)7-14(17)18/h5-6,8-9,11H,7H2,1-4H3,(H,16,19)(H,17,18). The summed E-state index contributed by atoms with van der Waals surface area (Å²) in [5, 5.41) is 11.5. The van der Waals surface area contributed by atoms with Gasteiger partial charge in [-0.05, 0) is 30.0 Å². The van der Waals surface area contributed by atoms with E-state index >= 15 is 0 Å². The van der Waals surface area contributed by atoms with Crippen LogP contribution in [0, 0.1) is 12.8 Å². The van der Waals surface area contributed by atoms with Crippen molar-refractivity contribution in [1.82, 2.24) is 0 Å². The van der Waals surface area contributed by atoms with Gasteiger partial charge in [0.25, 0.3) is 0 Å². The number of anilines is 1. The largest absolute Gasteiger partial charge is 0.481 e. The van der Waals surface area contributed by atoms with E-state index in [2.05, 4.69) is 19.2 Å². The first-order valence-corrected chi connectivity index (χ1v) is 6.44. The average Bonchev–Trinajstić information content (AvgIpc) is 2.30. The van der Waals surface area contributed by atoms with E-state index in [1.165, 1.54) is 0 Å². The summed E-state index contributed by atoms with van der Waals surface area (Å²) in [6.45, 7) is 7.71. The minimum Gasteiger partial charge on any atom is -0.481 e. The monoisotopic (exact) mass is 263 g/mol. The van der Waals surface area contributed by atoms with Crippen LogP contribution in [0.15, 0.2) is 18.2 Å². The van der Waals surface area contributed by atoms with Crippen molar-refractivity contribution in [3.8, 4) is 0 Å². The van der Waals surface area contributed by atoms with E-state index in [0.717, 1.165) is 16.8 Å². The molecule has 1 aromatic carbocycles. The van der Waals surface area contributed by atoms with Gasteiger partial charge in [0.05, 0.1) is 6.42 Å². The predicted octanol–water partition coefficient (Wildman–Crippen LogP) is 3.17. The minimum atomic E-state index is -0.963. The fourth-order valence-corrected chi connectivity index (χ4v) is 1.74. The lowest BCUT2D eigenvalue weighted by Crippen LogP contribution is -2.23. The van der Waals surface area contributed by atoms with E-state index in [4.69, 9.17) is 5.11 Å². The van der Waals surface area contributed by atoms with E-state index in [1.807, 2.05) is 25.1 Å². The van der Waals surface area contributed by atoms with Gasteiger partial charge in [-0.2, -0.15) is 0 Å². The van der Waals surface area contributed by atoms with Gasteiger partial charge in [-0.3, -0.25) is 9.59 Å². The van der Waals surface area contributed by atoms with Crippen molar-refractivity contribution in [2.75, 3.05) is 5.32 Å². The molecule has 0 spiro atoms. The molecule has 0 aliphatic carbocycles. The van der Waals surface area contributed by atoms with Crippen molar-refractivity contribution in [1.29, 1.82) is 0 Å². The number of benzene rings is 1. The van der Waals surface area contributed by atoms with Gasteiger partial charge in [-0.1, -0.05) is 32.9 Å². The number of carboxylic acid groups (broad SMARTS) is 1. The second kappa shape index (κ2) is 6.36. The molecule has 0 aliphatic heterocycles. The highest BCUT2D eigenvalue weighted by Gasteiger charge is 2.17. The molecule has 104 valence electrons. The molecule has 0 heterocycles. The molecule has 0 radical (unpaired) electrons. The number of nitrogens with one attached hydrogen (secondary N) is 1. The van der Waals surface area contributed by atoms with Crippen molar-refractivity contribution in [2.45, 2.75) is 40.0 Å². The van der Waals surface area contributed by atoms with Gasteiger partial charge in [0.15, 0.2) is 0 Å². The summed E-state index contributed by atoms with van der Waals surface area (Å²) in [7, 11) is 0. The number of aryl methyl sites for hydroxylation is 1. The lowest BCUT2D eigenvalue weighted by Gasteiger charge is -2.14. The Morgan fingerprint density at radius 1 is 1.26 bits per heavy atom. The molecule has 4 heteroatoms. The topological polar surface area (TPSA) is 66.4 Å². The Hall–Kier alpha value is -1.84. The van der Waals surface area contributed by atoms with Crippen molar-refractivity contribution in [3.05, 3.63) is 29.3 Å². The molecule has 0 aliphatic rings. The molecule has 1 rings (SSSR count). The van der Waals surface area contributed by atoms with Crippen molar-refractivity contribution >= 4 is 17.6 Å². The second-order valence-corrected chi connectivity index (χ2v) is 5.22. The van der Waals surface area contributed by atoms with Gasteiger partial charge in [-0.25, -0.2) is 0 Å². The van der Waals surface area contributed by atoms with Gasteiger partial charge in [-0.15, -0.1) is 0 Å². The predicted molar refractivity (Wildman–Crippen MR) is 75.3 cm³/mol. The van der Waals surface area contributed by atoms with Crippen molar-refractivity contribution < 1.29 is 14.7 Å². The zero-order chi connectivity index (χ0) is 14.6. The molecule has 0 saturated carbocycles. The summed E-state index contributed by atoms with van der Waals surface area (Å²) in [5.74, 6) is -1.38. The van der Waals surface area contributed by atoms with Gasteiger partial charge in [0.1, 0.15) is 0 Å². The highest BCUT2D eigenvalue weighted by molar-refractivity contribution is 5.94. The third-order valence-electron chi connectivity index (χ3n) is 3.11. The Morgan fingerprint density at radius 2 is 1.89 bits per heavy atom. The van der Waals surface area contributed by atoms with Crippen LogP contribution in [0.1, 0.15) is 44.2 Å². The number of carbonyl (C=O) groups is 2. The number of hydrogen-bond donors (Lipinski definition) is 2. The molecule has 0 bridgehead atoms. The smallest absolute Gasteiger partial charge is 0.304 e. The first-order chi connectivity index (χ1) is 8.81. The molecule has 1 aromatic rings. The quantitative estimate of drug-likeness (QED) is 0.857. The summed E-state index contributed by atoms with van der Waals surface area (Å²) in [4.78, 5) is 22.5. The highest BCUT2D eigenvalue weighted by atomic mass is 16.4. The molecule has 4 nitrogen and oxygen atoms in total. The fourth-order valence-electron chi connectivity index (χ4n) is 1.74. The molecular formula is C15H21NO3. The molecule has 1 atom stereocenters. The van der Waals surface area contributed by atoms with Gasteiger partial charge >= 0.3 is 5.97 Å². The van der Waals surface area contributed by atoms with Crippen LogP contribution < -0.4 is 5.32 Å². The molecule has 2 N–H and O–H groups in total. The van der Waals surface area contributed by atoms with Crippen LogP contribution in [-0.2, 0) is 9.59 Å². The Bertz CT molecular complexity index is 480. The summed E-state index contributed by atoms with van der Waals surface area (Å²) >= 11 is 0. The summed E-state index contributed by atoms with van der Waals surface area (Å²) in [6, 6.07) is 5.95. The van der Waals surface area contributed by atoms with Crippen LogP contribution in [0.5, 0.6) is 0 Å². The Morgan fingerprint density at radius 3 is 2.42 bits per heavy atom. The van der Waals surface area contributed by atoms with Crippen LogP contribution in [-0.4, -0.2) is 17.0 Å². The average molecular weight is 263 g/mol. The molecule has 1 amide bonds. The molecule has 0 aromatic heterocycles. The maximum Gasteiger partial charge on any atom is 0.304 e. The van der Waals surface area contributed by atoms with Crippen LogP contribution in [0.25, 0.3) is 0 Å². The van der Waals surface area contributed by atoms with Crippen LogP contribution >= 0.6 is 0 Å². The zero-order valence-corrected chi connectivity index (χ0v) is 11.9. The van der Waals surface area contributed by atoms with Gasteiger partial charge in [0.2, 0.25) is 5.91 Å². The van der Waals surface area contributed by atoms with E-state index in [9.17, 15) is 9.59 Å². The molecule has 19 heavy (non-hydrogen) atoms. The molecular weight excluding hydrogens is 242 g/mol. The Balaban J connectivity index is 2.84. The van der Waals surface area contributed by atoms with E-state index in [1.54, 1.807) is 6.92 Å². The number of carboxylic acids is 1. The first kappa shape index (κ1) is 15.2. The Kier molecular flexibility index (Phi) is 5.10. The number of amides is 1. The number of rotatable bonds is 5. The number of carbonyl (C=O) groups excluding carboxylic acids is 1. The maximum absolute atomic E-state index is 11.9. The highest BCUT2D eigenvalue weighted by Crippen LogP contribution is 2.23. The van der Waals surface area contributed by atoms with E-state index in [-0.39, 0.29) is 12.3 Å². The summed E-state index contributed by atoms with van der Waals surface area (Å²) in [6.07, 6.45) is -0.158. The van der Waals surface area contributed by atoms with Crippen molar-refractivity contribution in [3.63, 3.8) is 0 Å². The first-order valence-electron chi connectivity index (χ1n) is 6.44. The van der Waals surface area contributed by atoms with Gasteiger partial charge in [0, 0.05) is 11.6 Å². The summed E-state index contributed by atoms with van der Waals surface area (Å²) < 4.78 is 0. The lowest BCUT2D eigenvalue weighted by atomic mass is 10.00. The second-order valence-electron chi connectivity index (χ2n) is 5.22.